The van der Waals surface area contributed by atoms with Crippen LogP contribution in [0, 0.1) is 3.57 Å². The lowest BCUT2D eigenvalue weighted by Crippen LogP contribution is -2.10. The molecular formula is C15H10BrIN2O2. The lowest BCUT2D eigenvalue weighted by Gasteiger charge is -2.11. The van der Waals surface area contributed by atoms with E-state index in [0.717, 1.165) is 13.6 Å². The number of nitrogens with one attached hydrogen (secondary N) is 1. The van der Waals surface area contributed by atoms with Crippen molar-refractivity contribution in [3.63, 3.8) is 0 Å². The number of aromatic nitrogens is 2. The fourth-order valence-corrected chi connectivity index (χ4v) is 3.89. The SMILES string of the molecule is COc1c(I)cc(Br)cc1-c1nc2ccccc2c(=O)[nH]1. The zero-order valence-electron chi connectivity index (χ0n) is 11.0. The second-order valence-electron chi connectivity index (χ2n) is 4.40. The van der Waals surface area contributed by atoms with Crippen molar-refractivity contribution in [3.8, 4) is 17.1 Å². The normalized spacial score (nSPS) is 10.8. The third-order valence-corrected chi connectivity index (χ3v) is 4.34. The molecule has 0 amide bonds. The van der Waals surface area contributed by atoms with Crippen molar-refractivity contribution in [2.75, 3.05) is 7.11 Å². The lowest BCUT2D eigenvalue weighted by atomic mass is 10.1. The van der Waals surface area contributed by atoms with Gasteiger partial charge in [0.05, 0.1) is 27.1 Å². The van der Waals surface area contributed by atoms with Crippen molar-refractivity contribution in [1.82, 2.24) is 9.97 Å². The largest absolute Gasteiger partial charge is 0.495 e. The van der Waals surface area contributed by atoms with Gasteiger partial charge in [-0.1, -0.05) is 28.1 Å². The van der Waals surface area contributed by atoms with Crippen LogP contribution >= 0.6 is 38.5 Å². The van der Waals surface area contributed by atoms with Crippen LogP contribution in [0.4, 0.5) is 0 Å². The first kappa shape index (κ1) is 14.5. The maximum Gasteiger partial charge on any atom is 0.259 e. The summed E-state index contributed by atoms with van der Waals surface area (Å²) >= 11 is 5.65. The van der Waals surface area contributed by atoms with Gasteiger partial charge in [-0.15, -0.1) is 0 Å². The van der Waals surface area contributed by atoms with Gasteiger partial charge in [0.25, 0.3) is 5.56 Å². The van der Waals surface area contributed by atoms with Crippen LogP contribution in [-0.4, -0.2) is 17.1 Å². The summed E-state index contributed by atoms with van der Waals surface area (Å²) in [5, 5.41) is 0.574. The molecule has 0 radical (unpaired) electrons. The number of aromatic amines is 1. The molecular weight excluding hydrogens is 447 g/mol. The molecule has 3 aromatic rings. The Morgan fingerprint density at radius 1 is 1.29 bits per heavy atom. The molecule has 3 rings (SSSR count). The van der Waals surface area contributed by atoms with Crippen LogP contribution in [0.5, 0.6) is 5.75 Å². The maximum absolute atomic E-state index is 12.2. The Labute approximate surface area is 142 Å². The third-order valence-electron chi connectivity index (χ3n) is 3.08. The number of para-hydroxylation sites is 1. The second kappa shape index (κ2) is 5.76. The number of H-pyrrole nitrogens is 1. The molecule has 0 aliphatic heterocycles. The molecule has 0 saturated heterocycles. The highest BCUT2D eigenvalue weighted by atomic mass is 127. The molecule has 6 heteroatoms. The van der Waals surface area contributed by atoms with Crippen LogP contribution in [0.1, 0.15) is 0 Å². The fourth-order valence-electron chi connectivity index (χ4n) is 2.16. The Morgan fingerprint density at radius 2 is 2.05 bits per heavy atom. The predicted octanol–water partition coefficient (Wildman–Crippen LogP) is 3.97. The van der Waals surface area contributed by atoms with E-state index in [0.29, 0.717) is 22.5 Å². The molecule has 1 N–H and O–H groups in total. The smallest absolute Gasteiger partial charge is 0.259 e. The summed E-state index contributed by atoms with van der Waals surface area (Å²) in [6, 6.07) is 11.1. The van der Waals surface area contributed by atoms with E-state index in [1.165, 1.54) is 0 Å². The van der Waals surface area contributed by atoms with Crippen LogP contribution < -0.4 is 10.3 Å². The number of ether oxygens (including phenoxy) is 1. The number of hydrogen-bond acceptors (Lipinski definition) is 3. The van der Waals surface area contributed by atoms with Gasteiger partial charge in [-0.3, -0.25) is 4.79 Å². The van der Waals surface area contributed by atoms with E-state index in [4.69, 9.17) is 4.74 Å². The Morgan fingerprint density at radius 3 is 2.81 bits per heavy atom. The highest BCUT2D eigenvalue weighted by Crippen LogP contribution is 2.35. The number of benzene rings is 2. The number of rotatable bonds is 2. The highest BCUT2D eigenvalue weighted by Gasteiger charge is 2.14. The second-order valence-corrected chi connectivity index (χ2v) is 6.48. The minimum Gasteiger partial charge on any atom is -0.495 e. The zero-order valence-corrected chi connectivity index (χ0v) is 14.7. The summed E-state index contributed by atoms with van der Waals surface area (Å²) in [7, 11) is 1.61. The molecule has 0 unspecified atom stereocenters. The van der Waals surface area contributed by atoms with Gasteiger partial charge in [0, 0.05) is 4.47 Å². The molecule has 0 atom stereocenters. The van der Waals surface area contributed by atoms with Crippen LogP contribution in [0.15, 0.2) is 45.7 Å². The van der Waals surface area contributed by atoms with Crippen LogP contribution in [0.25, 0.3) is 22.3 Å². The molecule has 4 nitrogen and oxygen atoms in total. The summed E-state index contributed by atoms with van der Waals surface area (Å²) in [4.78, 5) is 19.6. The van der Waals surface area contributed by atoms with E-state index in [-0.39, 0.29) is 5.56 Å². The summed E-state index contributed by atoms with van der Waals surface area (Å²) < 4.78 is 7.29. The Balaban J connectivity index is 2.33. The number of halogens is 2. The van der Waals surface area contributed by atoms with Gasteiger partial charge >= 0.3 is 0 Å². The van der Waals surface area contributed by atoms with E-state index in [1.807, 2.05) is 30.3 Å². The molecule has 21 heavy (non-hydrogen) atoms. The summed E-state index contributed by atoms with van der Waals surface area (Å²) in [5.74, 6) is 1.19. The molecule has 2 aromatic carbocycles. The molecule has 0 aliphatic rings. The van der Waals surface area contributed by atoms with Crippen molar-refractivity contribution >= 4 is 49.4 Å². The molecule has 0 spiro atoms. The molecule has 106 valence electrons. The van der Waals surface area contributed by atoms with E-state index >= 15 is 0 Å². The van der Waals surface area contributed by atoms with E-state index in [1.54, 1.807) is 13.2 Å². The summed E-state index contributed by atoms with van der Waals surface area (Å²) in [6.45, 7) is 0. The minimum absolute atomic E-state index is 0.160. The van der Waals surface area contributed by atoms with Gasteiger partial charge < -0.3 is 9.72 Å². The van der Waals surface area contributed by atoms with Gasteiger partial charge in [-0.05, 0) is 46.9 Å². The first-order valence-electron chi connectivity index (χ1n) is 6.12. The molecule has 1 heterocycles. The molecule has 0 bridgehead atoms. The number of methoxy groups -OCH3 is 1. The van der Waals surface area contributed by atoms with Crippen LogP contribution in [0.3, 0.4) is 0 Å². The summed E-state index contributed by atoms with van der Waals surface area (Å²) in [5.41, 5.74) is 1.25. The van der Waals surface area contributed by atoms with Gasteiger partial charge in [0.2, 0.25) is 0 Å². The van der Waals surface area contributed by atoms with Gasteiger partial charge in [-0.25, -0.2) is 4.98 Å². The Bertz CT molecular complexity index is 892. The van der Waals surface area contributed by atoms with E-state index in [9.17, 15) is 4.79 Å². The average molecular weight is 457 g/mol. The van der Waals surface area contributed by atoms with Gasteiger partial charge in [0.15, 0.2) is 0 Å². The molecule has 0 fully saturated rings. The lowest BCUT2D eigenvalue weighted by molar-refractivity contribution is 0.413. The van der Waals surface area contributed by atoms with Gasteiger partial charge in [-0.2, -0.15) is 0 Å². The van der Waals surface area contributed by atoms with E-state index in [2.05, 4.69) is 48.5 Å². The third kappa shape index (κ3) is 2.69. The predicted molar refractivity (Wildman–Crippen MR) is 94.8 cm³/mol. The Kier molecular flexibility index (Phi) is 3.99. The van der Waals surface area contributed by atoms with Crippen molar-refractivity contribution < 1.29 is 4.74 Å². The van der Waals surface area contributed by atoms with Crippen LogP contribution in [0.2, 0.25) is 0 Å². The minimum atomic E-state index is -0.160. The fraction of sp³-hybridized carbons (Fsp3) is 0.0667. The standard InChI is InChI=1S/C15H10BrIN2O2/c1-21-13-10(6-8(16)7-11(13)17)14-18-12-5-3-2-4-9(12)15(20)19-14/h2-7H,1H3,(H,18,19,20). The monoisotopic (exact) mass is 456 g/mol. The number of fused-ring (bicyclic) bond motifs is 1. The van der Waals surface area contributed by atoms with Crippen molar-refractivity contribution in [1.29, 1.82) is 0 Å². The number of nitrogens with zero attached hydrogens (tertiary/aromatic N) is 1. The molecule has 0 saturated carbocycles. The highest BCUT2D eigenvalue weighted by molar-refractivity contribution is 14.1. The Hall–Kier alpha value is -1.41. The topological polar surface area (TPSA) is 55.0 Å². The first-order valence-corrected chi connectivity index (χ1v) is 8.00. The zero-order chi connectivity index (χ0) is 15.0. The van der Waals surface area contributed by atoms with E-state index < -0.39 is 0 Å². The molecule has 1 aromatic heterocycles. The number of hydrogen-bond donors (Lipinski definition) is 1. The average Bonchev–Trinajstić information content (AvgIpc) is 2.46. The maximum atomic E-state index is 12.2. The van der Waals surface area contributed by atoms with Crippen molar-refractivity contribution in [2.45, 2.75) is 0 Å². The molecule has 0 aliphatic carbocycles. The summed E-state index contributed by atoms with van der Waals surface area (Å²) in [6.07, 6.45) is 0. The van der Waals surface area contributed by atoms with Gasteiger partial charge in [0.1, 0.15) is 11.6 Å². The van der Waals surface area contributed by atoms with Crippen LogP contribution in [-0.2, 0) is 0 Å². The van der Waals surface area contributed by atoms with Crippen molar-refractivity contribution in [2.24, 2.45) is 0 Å². The van der Waals surface area contributed by atoms with Crippen molar-refractivity contribution in [3.05, 3.63) is 54.8 Å². The first-order chi connectivity index (χ1) is 10.1. The quantitative estimate of drug-likeness (QED) is 0.593.